The van der Waals surface area contributed by atoms with Crippen LogP contribution in [0.2, 0.25) is 0 Å². The molecule has 0 aliphatic heterocycles. The van der Waals surface area contributed by atoms with Crippen LogP contribution in [0.25, 0.3) is 0 Å². The first kappa shape index (κ1) is 13.1. The summed E-state index contributed by atoms with van der Waals surface area (Å²) in [5, 5.41) is 4.25. The molecular formula is C11H21N3OS. The summed E-state index contributed by atoms with van der Waals surface area (Å²) in [7, 11) is 0. The molecule has 0 aliphatic rings. The summed E-state index contributed by atoms with van der Waals surface area (Å²) >= 11 is 1.35. The fourth-order valence-corrected chi connectivity index (χ4v) is 1.75. The number of nitrogen functional groups attached to an aromatic ring is 1. The highest BCUT2D eigenvalue weighted by Crippen LogP contribution is 2.36. The Morgan fingerprint density at radius 1 is 1.44 bits per heavy atom. The van der Waals surface area contributed by atoms with Gasteiger partial charge in [-0.15, -0.1) is 0 Å². The summed E-state index contributed by atoms with van der Waals surface area (Å²) in [6.07, 6.45) is 0.105. The quantitative estimate of drug-likeness (QED) is 0.853. The van der Waals surface area contributed by atoms with Crippen molar-refractivity contribution in [2.75, 3.05) is 17.6 Å². The topological polar surface area (TPSA) is 60.2 Å². The van der Waals surface area contributed by atoms with E-state index in [1.165, 1.54) is 11.5 Å². The number of hydrogen-bond acceptors (Lipinski definition) is 5. The molecule has 1 rings (SSSR count). The minimum atomic E-state index is 0.105. The van der Waals surface area contributed by atoms with Crippen LogP contribution in [-0.4, -0.2) is 17.0 Å². The predicted molar refractivity (Wildman–Crippen MR) is 70.2 cm³/mol. The lowest BCUT2D eigenvalue weighted by Crippen LogP contribution is -2.19. The fraction of sp³-hybridized carbons (Fsp3) is 0.727. The third-order valence-corrected chi connectivity index (χ3v) is 2.61. The molecule has 1 heterocycles. The minimum absolute atomic E-state index is 0.105. The normalized spacial score (nSPS) is 11.9. The number of aromatic nitrogens is 1. The van der Waals surface area contributed by atoms with Crippen LogP contribution in [0.15, 0.2) is 0 Å². The number of ether oxygens (including phenoxy) is 1. The van der Waals surface area contributed by atoms with Gasteiger partial charge in [0.15, 0.2) is 16.6 Å². The van der Waals surface area contributed by atoms with Gasteiger partial charge in [-0.3, -0.25) is 0 Å². The highest BCUT2D eigenvalue weighted by molar-refractivity contribution is 7.11. The van der Waals surface area contributed by atoms with Crippen LogP contribution in [0.1, 0.15) is 34.6 Å². The second-order valence-corrected chi connectivity index (χ2v) is 6.08. The average molecular weight is 243 g/mol. The fourth-order valence-electron chi connectivity index (χ4n) is 1.10. The van der Waals surface area contributed by atoms with Gasteiger partial charge in [0.2, 0.25) is 0 Å². The molecular weight excluding hydrogens is 222 g/mol. The Hall–Kier alpha value is -0.970. The first-order chi connectivity index (χ1) is 7.29. The molecule has 3 N–H and O–H groups in total. The van der Waals surface area contributed by atoms with E-state index in [4.69, 9.17) is 10.5 Å². The molecule has 5 heteroatoms. The van der Waals surface area contributed by atoms with Gasteiger partial charge in [-0.05, 0) is 30.8 Å². The van der Waals surface area contributed by atoms with E-state index in [1.54, 1.807) is 0 Å². The molecule has 0 aliphatic carbocycles. The zero-order chi connectivity index (χ0) is 12.3. The maximum atomic E-state index is 5.76. The number of anilines is 2. The Labute approximate surface area is 101 Å². The SMILES string of the molecule is CC(C)Oc1c(N)nsc1NCC(C)(C)C. The van der Waals surface area contributed by atoms with Crippen molar-refractivity contribution in [2.24, 2.45) is 5.41 Å². The molecule has 0 radical (unpaired) electrons. The van der Waals surface area contributed by atoms with E-state index < -0.39 is 0 Å². The van der Waals surface area contributed by atoms with Crippen LogP contribution in [0, 0.1) is 5.41 Å². The summed E-state index contributed by atoms with van der Waals surface area (Å²) in [6, 6.07) is 0. The van der Waals surface area contributed by atoms with Crippen LogP contribution < -0.4 is 15.8 Å². The summed E-state index contributed by atoms with van der Waals surface area (Å²) in [6.45, 7) is 11.3. The summed E-state index contributed by atoms with van der Waals surface area (Å²) in [4.78, 5) is 0. The smallest absolute Gasteiger partial charge is 0.197 e. The summed E-state index contributed by atoms with van der Waals surface area (Å²) < 4.78 is 9.74. The highest BCUT2D eigenvalue weighted by atomic mass is 32.1. The summed E-state index contributed by atoms with van der Waals surface area (Å²) in [5.74, 6) is 1.15. The molecule has 16 heavy (non-hydrogen) atoms. The Balaban J connectivity index is 2.73. The van der Waals surface area contributed by atoms with Gasteiger partial charge < -0.3 is 15.8 Å². The minimum Gasteiger partial charge on any atom is -0.484 e. The summed E-state index contributed by atoms with van der Waals surface area (Å²) in [5.41, 5.74) is 5.98. The zero-order valence-corrected chi connectivity index (χ0v) is 11.4. The molecule has 0 saturated carbocycles. The molecule has 0 spiro atoms. The molecule has 1 aromatic rings. The number of rotatable bonds is 4. The van der Waals surface area contributed by atoms with Crippen molar-refractivity contribution in [3.05, 3.63) is 0 Å². The van der Waals surface area contributed by atoms with Crippen molar-refractivity contribution >= 4 is 22.4 Å². The van der Waals surface area contributed by atoms with Crippen LogP contribution in [0.5, 0.6) is 5.75 Å². The van der Waals surface area contributed by atoms with Crippen molar-refractivity contribution in [2.45, 2.75) is 40.7 Å². The van der Waals surface area contributed by atoms with Crippen molar-refractivity contribution in [3.63, 3.8) is 0 Å². The maximum Gasteiger partial charge on any atom is 0.197 e. The highest BCUT2D eigenvalue weighted by Gasteiger charge is 2.17. The van der Waals surface area contributed by atoms with E-state index in [2.05, 4.69) is 30.5 Å². The van der Waals surface area contributed by atoms with E-state index in [0.29, 0.717) is 11.6 Å². The largest absolute Gasteiger partial charge is 0.484 e. The molecule has 92 valence electrons. The van der Waals surface area contributed by atoms with Crippen molar-refractivity contribution in [1.29, 1.82) is 0 Å². The Morgan fingerprint density at radius 2 is 2.06 bits per heavy atom. The second-order valence-electron chi connectivity index (χ2n) is 5.31. The Bertz CT molecular complexity index is 341. The average Bonchev–Trinajstić information content (AvgIpc) is 2.43. The number of nitrogens with one attached hydrogen (secondary N) is 1. The first-order valence-corrected chi connectivity index (χ1v) is 6.22. The van der Waals surface area contributed by atoms with Crippen molar-refractivity contribution in [3.8, 4) is 5.75 Å². The molecule has 0 unspecified atom stereocenters. The molecule has 0 saturated heterocycles. The van der Waals surface area contributed by atoms with Gasteiger partial charge in [-0.1, -0.05) is 20.8 Å². The van der Waals surface area contributed by atoms with E-state index in [1.807, 2.05) is 13.8 Å². The molecule has 0 amide bonds. The van der Waals surface area contributed by atoms with E-state index in [9.17, 15) is 0 Å². The lowest BCUT2D eigenvalue weighted by atomic mass is 9.97. The standard InChI is InChI=1S/C11H21N3OS/c1-7(2)15-8-9(12)14-16-10(8)13-6-11(3,4)5/h7,13H,6H2,1-5H3,(H2,12,14). The van der Waals surface area contributed by atoms with Gasteiger partial charge in [0.25, 0.3) is 0 Å². The molecule has 0 aromatic carbocycles. The second kappa shape index (κ2) is 4.91. The van der Waals surface area contributed by atoms with Gasteiger partial charge in [0.1, 0.15) is 0 Å². The van der Waals surface area contributed by atoms with Gasteiger partial charge in [0.05, 0.1) is 6.10 Å². The molecule has 0 bridgehead atoms. The number of nitrogens with zero attached hydrogens (tertiary/aromatic N) is 1. The molecule has 0 atom stereocenters. The van der Waals surface area contributed by atoms with Crippen LogP contribution in [0.3, 0.4) is 0 Å². The zero-order valence-electron chi connectivity index (χ0n) is 10.6. The van der Waals surface area contributed by atoms with E-state index in [-0.39, 0.29) is 11.5 Å². The third-order valence-electron chi connectivity index (χ3n) is 1.81. The van der Waals surface area contributed by atoms with Gasteiger partial charge in [-0.25, -0.2) is 0 Å². The molecule has 0 fully saturated rings. The Morgan fingerprint density at radius 3 is 2.56 bits per heavy atom. The van der Waals surface area contributed by atoms with Crippen LogP contribution >= 0.6 is 11.5 Å². The number of hydrogen-bond donors (Lipinski definition) is 2. The van der Waals surface area contributed by atoms with Crippen LogP contribution in [-0.2, 0) is 0 Å². The molecule has 1 aromatic heterocycles. The van der Waals surface area contributed by atoms with E-state index in [0.717, 1.165) is 11.5 Å². The van der Waals surface area contributed by atoms with Crippen LogP contribution in [0.4, 0.5) is 10.8 Å². The monoisotopic (exact) mass is 243 g/mol. The van der Waals surface area contributed by atoms with Gasteiger partial charge in [0, 0.05) is 6.54 Å². The van der Waals surface area contributed by atoms with Crippen molar-refractivity contribution in [1.82, 2.24) is 4.37 Å². The van der Waals surface area contributed by atoms with Crippen molar-refractivity contribution < 1.29 is 4.74 Å². The Kier molecular flexibility index (Phi) is 4.02. The lowest BCUT2D eigenvalue weighted by molar-refractivity contribution is 0.245. The molecule has 4 nitrogen and oxygen atoms in total. The van der Waals surface area contributed by atoms with Gasteiger partial charge in [-0.2, -0.15) is 4.37 Å². The lowest BCUT2D eigenvalue weighted by Gasteiger charge is -2.19. The number of nitrogens with two attached hydrogens (primary N) is 1. The predicted octanol–water partition coefficient (Wildman–Crippen LogP) is 2.97. The maximum absolute atomic E-state index is 5.76. The first-order valence-electron chi connectivity index (χ1n) is 5.45. The van der Waals surface area contributed by atoms with E-state index >= 15 is 0 Å². The van der Waals surface area contributed by atoms with Gasteiger partial charge >= 0.3 is 0 Å². The third kappa shape index (κ3) is 3.89.